The van der Waals surface area contributed by atoms with E-state index in [-0.39, 0.29) is 5.56 Å². The summed E-state index contributed by atoms with van der Waals surface area (Å²) in [6, 6.07) is 8.52. The molecule has 0 bridgehead atoms. The molecule has 1 saturated heterocycles. The number of para-hydroxylation sites is 1. The lowest BCUT2D eigenvalue weighted by molar-refractivity contribution is 0.284. The van der Waals surface area contributed by atoms with E-state index < -0.39 is 0 Å². The lowest BCUT2D eigenvalue weighted by Crippen LogP contribution is -2.34. The summed E-state index contributed by atoms with van der Waals surface area (Å²) in [6.07, 6.45) is 7.57. The van der Waals surface area contributed by atoms with E-state index in [4.69, 9.17) is 0 Å². The van der Waals surface area contributed by atoms with Gasteiger partial charge in [0.2, 0.25) is 0 Å². The maximum absolute atomic E-state index is 12.9. The first-order valence-electron chi connectivity index (χ1n) is 9.90. The average Bonchev–Trinajstić information content (AvgIpc) is 2.91. The molecule has 134 valence electrons. The smallest absolute Gasteiger partial charge is 0.255 e. The van der Waals surface area contributed by atoms with Gasteiger partial charge in [-0.1, -0.05) is 31.0 Å². The van der Waals surface area contributed by atoms with Crippen molar-refractivity contribution in [3.8, 4) is 0 Å². The van der Waals surface area contributed by atoms with Crippen molar-refractivity contribution >= 4 is 10.9 Å². The van der Waals surface area contributed by atoms with Crippen LogP contribution in [0.3, 0.4) is 0 Å². The number of nitrogens with zero attached hydrogens (tertiary/aromatic N) is 2. The summed E-state index contributed by atoms with van der Waals surface area (Å²) in [5, 5.41) is 4.71. The standard InChI is InChI=1S/C21H29N3O/c25-21-19(16-22-10-14-23-11-3-1-2-4-12-23)15-18-8-5-7-17-9-6-13-24(21)20(17)18/h5,7-8,15,22H,1-4,6,9-14,16H2. The van der Waals surface area contributed by atoms with Crippen molar-refractivity contribution in [2.24, 2.45) is 0 Å². The van der Waals surface area contributed by atoms with E-state index in [9.17, 15) is 4.79 Å². The molecule has 0 amide bonds. The minimum absolute atomic E-state index is 0.196. The molecule has 4 heteroatoms. The van der Waals surface area contributed by atoms with Crippen molar-refractivity contribution in [3.05, 3.63) is 45.7 Å². The van der Waals surface area contributed by atoms with Crippen LogP contribution < -0.4 is 10.9 Å². The van der Waals surface area contributed by atoms with E-state index in [1.165, 1.54) is 49.7 Å². The Morgan fingerprint density at radius 3 is 2.68 bits per heavy atom. The van der Waals surface area contributed by atoms with Crippen molar-refractivity contribution in [2.75, 3.05) is 26.2 Å². The van der Waals surface area contributed by atoms with E-state index >= 15 is 0 Å². The highest BCUT2D eigenvalue weighted by molar-refractivity contribution is 5.83. The zero-order chi connectivity index (χ0) is 17.1. The van der Waals surface area contributed by atoms with Gasteiger partial charge in [-0.3, -0.25) is 4.79 Å². The van der Waals surface area contributed by atoms with Gasteiger partial charge in [0.1, 0.15) is 0 Å². The van der Waals surface area contributed by atoms with Crippen molar-refractivity contribution < 1.29 is 0 Å². The first-order chi connectivity index (χ1) is 12.3. The second-order valence-electron chi connectivity index (χ2n) is 7.52. The van der Waals surface area contributed by atoms with E-state index in [2.05, 4.69) is 34.5 Å². The molecule has 0 unspecified atom stereocenters. The molecule has 2 aliphatic rings. The van der Waals surface area contributed by atoms with Crippen LogP contribution in [0.15, 0.2) is 29.1 Å². The molecule has 4 rings (SSSR count). The van der Waals surface area contributed by atoms with Crippen molar-refractivity contribution in [1.29, 1.82) is 0 Å². The monoisotopic (exact) mass is 339 g/mol. The zero-order valence-electron chi connectivity index (χ0n) is 15.1. The van der Waals surface area contributed by atoms with Crippen molar-refractivity contribution in [1.82, 2.24) is 14.8 Å². The van der Waals surface area contributed by atoms with Crippen LogP contribution in [0.25, 0.3) is 10.9 Å². The molecule has 0 saturated carbocycles. The molecule has 4 nitrogen and oxygen atoms in total. The largest absolute Gasteiger partial charge is 0.311 e. The van der Waals surface area contributed by atoms with Crippen LogP contribution in [0.1, 0.15) is 43.2 Å². The Morgan fingerprint density at radius 1 is 1.00 bits per heavy atom. The van der Waals surface area contributed by atoms with Crippen LogP contribution >= 0.6 is 0 Å². The van der Waals surface area contributed by atoms with Gasteiger partial charge in [-0.15, -0.1) is 0 Å². The number of aryl methyl sites for hydroxylation is 2. The Morgan fingerprint density at radius 2 is 1.84 bits per heavy atom. The van der Waals surface area contributed by atoms with Gasteiger partial charge in [0, 0.05) is 31.7 Å². The molecule has 0 spiro atoms. The Labute approximate surface area is 149 Å². The average molecular weight is 339 g/mol. The molecule has 3 heterocycles. The van der Waals surface area contributed by atoms with E-state index in [1.54, 1.807) is 0 Å². The molecule has 2 aliphatic heterocycles. The predicted octanol–water partition coefficient (Wildman–Crippen LogP) is 2.91. The van der Waals surface area contributed by atoms with Gasteiger partial charge >= 0.3 is 0 Å². The number of hydrogen-bond donors (Lipinski definition) is 1. The fourth-order valence-electron chi connectivity index (χ4n) is 4.37. The lowest BCUT2D eigenvalue weighted by Gasteiger charge is -2.21. The molecule has 0 atom stereocenters. The summed E-state index contributed by atoms with van der Waals surface area (Å²) in [5.74, 6) is 0. The fraction of sp³-hybridized carbons (Fsp3) is 0.571. The normalized spacial score (nSPS) is 18.4. The second-order valence-corrected chi connectivity index (χ2v) is 7.52. The fourth-order valence-corrected chi connectivity index (χ4v) is 4.37. The first-order valence-corrected chi connectivity index (χ1v) is 9.90. The SMILES string of the molecule is O=c1c(CNCCN2CCCCCC2)cc2cccc3c2n1CCC3. The van der Waals surface area contributed by atoms with Crippen LogP contribution in [-0.4, -0.2) is 35.6 Å². The second kappa shape index (κ2) is 7.71. The van der Waals surface area contributed by atoms with Gasteiger partial charge in [-0.25, -0.2) is 0 Å². The molecule has 0 aliphatic carbocycles. The van der Waals surface area contributed by atoms with Gasteiger partial charge in [-0.05, 0) is 55.8 Å². The van der Waals surface area contributed by atoms with E-state index in [0.717, 1.165) is 43.6 Å². The predicted molar refractivity (Wildman–Crippen MR) is 103 cm³/mol. The Bertz CT molecular complexity index is 788. The van der Waals surface area contributed by atoms with Crippen LogP contribution in [0.5, 0.6) is 0 Å². The summed E-state index contributed by atoms with van der Waals surface area (Å²) >= 11 is 0. The molecule has 1 aromatic carbocycles. The Kier molecular flexibility index (Phi) is 5.18. The van der Waals surface area contributed by atoms with Crippen LogP contribution in [0, 0.1) is 0 Å². The molecule has 0 radical (unpaired) electrons. The third-order valence-corrected chi connectivity index (χ3v) is 5.72. The summed E-state index contributed by atoms with van der Waals surface area (Å²) in [5.41, 5.74) is 3.58. The zero-order valence-corrected chi connectivity index (χ0v) is 15.1. The number of likely N-dealkylation sites (tertiary alicyclic amines) is 1. The third-order valence-electron chi connectivity index (χ3n) is 5.72. The molecule has 2 aromatic rings. The van der Waals surface area contributed by atoms with Crippen LogP contribution in [0.2, 0.25) is 0 Å². The van der Waals surface area contributed by atoms with Crippen molar-refractivity contribution in [3.63, 3.8) is 0 Å². The van der Waals surface area contributed by atoms with Crippen LogP contribution in [-0.2, 0) is 19.5 Å². The quantitative estimate of drug-likeness (QED) is 0.851. The van der Waals surface area contributed by atoms with Crippen molar-refractivity contribution in [2.45, 2.75) is 51.6 Å². The number of aromatic nitrogens is 1. The highest BCUT2D eigenvalue weighted by atomic mass is 16.1. The molecule has 1 aromatic heterocycles. The molecule has 25 heavy (non-hydrogen) atoms. The number of rotatable bonds is 5. The number of benzene rings is 1. The summed E-state index contributed by atoms with van der Waals surface area (Å²) < 4.78 is 2.00. The maximum atomic E-state index is 12.9. The molecule has 1 N–H and O–H groups in total. The Balaban J connectivity index is 1.43. The third kappa shape index (κ3) is 3.65. The number of nitrogens with one attached hydrogen (secondary N) is 1. The highest BCUT2D eigenvalue weighted by Gasteiger charge is 2.16. The molecular formula is C21H29N3O. The maximum Gasteiger partial charge on any atom is 0.255 e. The van der Waals surface area contributed by atoms with Gasteiger partial charge in [0.15, 0.2) is 0 Å². The Hall–Kier alpha value is -1.65. The minimum atomic E-state index is 0.196. The highest BCUT2D eigenvalue weighted by Crippen LogP contribution is 2.23. The van der Waals surface area contributed by atoms with Gasteiger partial charge in [-0.2, -0.15) is 0 Å². The van der Waals surface area contributed by atoms with E-state index in [0.29, 0.717) is 6.54 Å². The summed E-state index contributed by atoms with van der Waals surface area (Å²) in [4.78, 5) is 15.4. The van der Waals surface area contributed by atoms with Crippen LogP contribution in [0.4, 0.5) is 0 Å². The summed E-state index contributed by atoms with van der Waals surface area (Å²) in [6.45, 7) is 6.03. The van der Waals surface area contributed by atoms with Gasteiger partial charge < -0.3 is 14.8 Å². The molecular weight excluding hydrogens is 310 g/mol. The number of pyridine rings is 1. The lowest BCUT2D eigenvalue weighted by atomic mass is 10.00. The topological polar surface area (TPSA) is 37.3 Å². The molecule has 1 fully saturated rings. The summed E-state index contributed by atoms with van der Waals surface area (Å²) in [7, 11) is 0. The number of hydrogen-bond acceptors (Lipinski definition) is 3. The van der Waals surface area contributed by atoms with Gasteiger partial charge in [0.25, 0.3) is 5.56 Å². The van der Waals surface area contributed by atoms with Gasteiger partial charge in [0.05, 0.1) is 5.52 Å². The first kappa shape index (κ1) is 16.8. The van der Waals surface area contributed by atoms with E-state index in [1.807, 2.05) is 4.57 Å². The minimum Gasteiger partial charge on any atom is -0.311 e.